The largest absolute Gasteiger partial charge is 0.493 e. The molecule has 2 heteroatoms. The lowest BCUT2D eigenvalue weighted by Gasteiger charge is -2.21. The van der Waals surface area contributed by atoms with Crippen LogP contribution in [0.15, 0.2) is 24.3 Å². The highest BCUT2D eigenvalue weighted by Crippen LogP contribution is 2.31. The third-order valence-corrected chi connectivity index (χ3v) is 3.68. The molecular formula is C17H28O2. The smallest absolute Gasteiger partial charge is 0.125 e. The molecule has 19 heavy (non-hydrogen) atoms. The van der Waals surface area contributed by atoms with E-state index in [1.807, 2.05) is 31.2 Å². The summed E-state index contributed by atoms with van der Waals surface area (Å²) >= 11 is 0. The van der Waals surface area contributed by atoms with Gasteiger partial charge in [-0.3, -0.25) is 0 Å². The maximum atomic E-state index is 10.4. The van der Waals surface area contributed by atoms with E-state index in [1.165, 1.54) is 19.3 Å². The van der Waals surface area contributed by atoms with Crippen LogP contribution in [0.1, 0.15) is 64.5 Å². The predicted octanol–water partition coefficient (Wildman–Crippen LogP) is 4.73. The highest BCUT2D eigenvalue weighted by atomic mass is 16.5. The van der Waals surface area contributed by atoms with Crippen LogP contribution in [0, 0.1) is 5.92 Å². The van der Waals surface area contributed by atoms with E-state index in [-0.39, 0.29) is 0 Å². The minimum absolute atomic E-state index is 0.412. The first kappa shape index (κ1) is 16.0. The molecule has 0 radical (unpaired) electrons. The number of unbranched alkanes of at least 4 members (excludes halogenated alkanes) is 1. The Morgan fingerprint density at radius 2 is 1.89 bits per heavy atom. The molecule has 2 nitrogen and oxygen atoms in total. The molecule has 2 unspecified atom stereocenters. The van der Waals surface area contributed by atoms with Gasteiger partial charge in [-0.25, -0.2) is 0 Å². The topological polar surface area (TPSA) is 29.5 Å². The van der Waals surface area contributed by atoms with Crippen molar-refractivity contribution in [1.29, 1.82) is 0 Å². The van der Waals surface area contributed by atoms with Crippen molar-refractivity contribution in [3.63, 3.8) is 0 Å². The van der Waals surface area contributed by atoms with E-state index in [1.54, 1.807) is 0 Å². The van der Waals surface area contributed by atoms with Crippen molar-refractivity contribution in [2.45, 2.75) is 59.0 Å². The Labute approximate surface area is 117 Å². The monoisotopic (exact) mass is 264 g/mol. The van der Waals surface area contributed by atoms with Crippen LogP contribution in [0.25, 0.3) is 0 Å². The SMILES string of the molecule is CCCCC(CC)CC(O)c1ccccc1OCC. The molecule has 0 bridgehead atoms. The number of benzene rings is 1. The zero-order valence-corrected chi connectivity index (χ0v) is 12.6. The second-order valence-electron chi connectivity index (χ2n) is 5.14. The first-order valence-electron chi connectivity index (χ1n) is 7.62. The number of aliphatic hydroxyl groups excluding tert-OH is 1. The van der Waals surface area contributed by atoms with Gasteiger partial charge in [0.25, 0.3) is 0 Å². The minimum Gasteiger partial charge on any atom is -0.493 e. The number of hydrogen-bond acceptors (Lipinski definition) is 2. The molecule has 0 aliphatic rings. The number of para-hydroxylation sites is 1. The first-order valence-corrected chi connectivity index (χ1v) is 7.62. The van der Waals surface area contributed by atoms with Gasteiger partial charge < -0.3 is 9.84 Å². The summed E-state index contributed by atoms with van der Waals surface area (Å²) in [6.45, 7) is 7.03. The van der Waals surface area contributed by atoms with Crippen molar-refractivity contribution in [2.75, 3.05) is 6.61 Å². The lowest BCUT2D eigenvalue weighted by molar-refractivity contribution is 0.135. The van der Waals surface area contributed by atoms with Gasteiger partial charge >= 0.3 is 0 Å². The Balaban J connectivity index is 2.67. The Bertz CT molecular complexity index is 349. The van der Waals surface area contributed by atoms with Gasteiger partial charge in [-0.15, -0.1) is 0 Å². The van der Waals surface area contributed by atoms with E-state index >= 15 is 0 Å². The van der Waals surface area contributed by atoms with E-state index in [0.717, 1.165) is 24.2 Å². The van der Waals surface area contributed by atoms with E-state index in [2.05, 4.69) is 13.8 Å². The summed E-state index contributed by atoms with van der Waals surface area (Å²) in [5.41, 5.74) is 0.930. The average Bonchev–Trinajstić information content (AvgIpc) is 2.44. The van der Waals surface area contributed by atoms with E-state index in [9.17, 15) is 5.11 Å². The van der Waals surface area contributed by atoms with Gasteiger partial charge in [0, 0.05) is 5.56 Å². The van der Waals surface area contributed by atoms with Crippen LogP contribution in [-0.2, 0) is 0 Å². The van der Waals surface area contributed by atoms with Crippen LogP contribution < -0.4 is 4.74 Å². The van der Waals surface area contributed by atoms with E-state index in [4.69, 9.17) is 4.74 Å². The van der Waals surface area contributed by atoms with E-state index < -0.39 is 6.10 Å². The Hall–Kier alpha value is -1.02. The van der Waals surface area contributed by atoms with Crippen LogP contribution >= 0.6 is 0 Å². The van der Waals surface area contributed by atoms with Crippen molar-refractivity contribution in [2.24, 2.45) is 5.92 Å². The molecule has 1 N–H and O–H groups in total. The van der Waals surface area contributed by atoms with Gasteiger partial charge in [-0.05, 0) is 25.3 Å². The van der Waals surface area contributed by atoms with Crippen LogP contribution in [0.2, 0.25) is 0 Å². The third kappa shape index (κ3) is 5.23. The summed E-state index contributed by atoms with van der Waals surface area (Å²) in [4.78, 5) is 0. The van der Waals surface area contributed by atoms with Gasteiger partial charge in [0.1, 0.15) is 5.75 Å². The maximum absolute atomic E-state index is 10.4. The molecule has 0 aliphatic carbocycles. The molecule has 0 aromatic heterocycles. The van der Waals surface area contributed by atoms with Crippen LogP contribution in [0.4, 0.5) is 0 Å². The lowest BCUT2D eigenvalue weighted by atomic mass is 9.90. The van der Waals surface area contributed by atoms with Gasteiger partial charge in [0.05, 0.1) is 12.7 Å². The van der Waals surface area contributed by atoms with Crippen molar-refractivity contribution in [1.82, 2.24) is 0 Å². The molecule has 0 saturated heterocycles. The van der Waals surface area contributed by atoms with Gasteiger partial charge in [0.2, 0.25) is 0 Å². The van der Waals surface area contributed by atoms with Gasteiger partial charge in [0.15, 0.2) is 0 Å². The average molecular weight is 264 g/mol. The molecular weight excluding hydrogens is 236 g/mol. The molecule has 1 rings (SSSR count). The van der Waals surface area contributed by atoms with E-state index in [0.29, 0.717) is 12.5 Å². The summed E-state index contributed by atoms with van der Waals surface area (Å²) in [5.74, 6) is 1.42. The van der Waals surface area contributed by atoms with Gasteiger partial charge in [-0.1, -0.05) is 57.7 Å². The molecule has 0 spiro atoms. The van der Waals surface area contributed by atoms with Crippen LogP contribution in [0.3, 0.4) is 0 Å². The number of hydrogen-bond donors (Lipinski definition) is 1. The quantitative estimate of drug-likeness (QED) is 0.699. The fourth-order valence-corrected chi connectivity index (χ4v) is 2.47. The fourth-order valence-electron chi connectivity index (χ4n) is 2.47. The summed E-state index contributed by atoms with van der Waals surface area (Å²) in [6.07, 6.45) is 5.24. The zero-order chi connectivity index (χ0) is 14.1. The molecule has 0 fully saturated rings. The normalized spacial score (nSPS) is 14.1. The third-order valence-electron chi connectivity index (χ3n) is 3.68. The van der Waals surface area contributed by atoms with Crippen LogP contribution in [0.5, 0.6) is 5.75 Å². The minimum atomic E-state index is -0.412. The lowest BCUT2D eigenvalue weighted by Crippen LogP contribution is -2.08. The van der Waals surface area contributed by atoms with Crippen molar-refractivity contribution in [3.05, 3.63) is 29.8 Å². The molecule has 0 aliphatic heterocycles. The Morgan fingerprint density at radius 3 is 2.53 bits per heavy atom. The Kier molecular flexibility index (Phi) is 7.57. The highest BCUT2D eigenvalue weighted by molar-refractivity contribution is 5.35. The van der Waals surface area contributed by atoms with Crippen LogP contribution in [-0.4, -0.2) is 11.7 Å². The molecule has 2 atom stereocenters. The standard InChI is InChI=1S/C17H28O2/c1-4-7-10-14(5-2)13-16(18)15-11-8-9-12-17(15)19-6-3/h8-9,11-12,14,16,18H,4-7,10,13H2,1-3H3. The number of ether oxygens (including phenoxy) is 1. The fraction of sp³-hybridized carbons (Fsp3) is 0.647. The molecule has 1 aromatic rings. The summed E-state index contributed by atoms with van der Waals surface area (Å²) < 4.78 is 5.59. The second kappa shape index (κ2) is 8.98. The molecule has 108 valence electrons. The predicted molar refractivity (Wildman–Crippen MR) is 80.5 cm³/mol. The zero-order valence-electron chi connectivity index (χ0n) is 12.6. The molecule has 0 saturated carbocycles. The molecule has 1 aromatic carbocycles. The van der Waals surface area contributed by atoms with Crippen molar-refractivity contribution < 1.29 is 9.84 Å². The summed E-state index contributed by atoms with van der Waals surface area (Å²) in [7, 11) is 0. The molecule has 0 amide bonds. The van der Waals surface area contributed by atoms with Gasteiger partial charge in [-0.2, -0.15) is 0 Å². The Morgan fingerprint density at radius 1 is 1.16 bits per heavy atom. The summed E-state index contributed by atoms with van der Waals surface area (Å²) in [5, 5.41) is 10.4. The van der Waals surface area contributed by atoms with Crippen molar-refractivity contribution >= 4 is 0 Å². The maximum Gasteiger partial charge on any atom is 0.125 e. The first-order chi connectivity index (χ1) is 9.22. The molecule has 0 heterocycles. The number of rotatable bonds is 9. The number of aliphatic hydroxyl groups is 1. The summed E-state index contributed by atoms with van der Waals surface area (Å²) in [6, 6.07) is 7.83. The second-order valence-corrected chi connectivity index (χ2v) is 5.14. The highest BCUT2D eigenvalue weighted by Gasteiger charge is 2.17. The van der Waals surface area contributed by atoms with Crippen molar-refractivity contribution in [3.8, 4) is 5.75 Å².